The molecule has 2 aromatic heterocycles. The van der Waals surface area contributed by atoms with Gasteiger partial charge in [-0.05, 0) is 260 Å². The quantitative estimate of drug-likeness (QED) is 0.162. The molecule has 498 valence electrons. The average Bonchev–Trinajstić information content (AvgIpc) is 1.50. The van der Waals surface area contributed by atoms with Crippen LogP contribution in [0, 0.1) is 0 Å². The van der Waals surface area contributed by atoms with E-state index in [-0.39, 0.29) is 0 Å². The molecule has 0 saturated carbocycles. The van der Waals surface area contributed by atoms with Crippen LogP contribution in [0.3, 0.4) is 0 Å². The third-order valence-corrected chi connectivity index (χ3v) is 25.5. The predicted octanol–water partition coefficient (Wildman–Crippen LogP) is 25.9. The fourth-order valence-electron chi connectivity index (χ4n) is 19.9. The Morgan fingerprint density at radius 2 is 0.604 bits per heavy atom. The van der Waals surface area contributed by atoms with Crippen LogP contribution >= 0.6 is 15.9 Å². The summed E-state index contributed by atoms with van der Waals surface area (Å²) in [5.74, 6) is 0. The average molecular weight is 1420 g/mol. The topological polar surface area (TPSA) is 44.7 Å². The highest BCUT2D eigenvalue weighted by Gasteiger charge is 2.57. The Morgan fingerprint density at radius 3 is 1.12 bits per heavy atom. The molecule has 0 amide bonds. The van der Waals surface area contributed by atoms with Crippen LogP contribution in [-0.4, -0.2) is 18.3 Å². The summed E-state index contributed by atoms with van der Waals surface area (Å²) in [5.41, 5.74) is 37.7. The minimum absolute atomic E-state index is 0.405. The van der Waals surface area contributed by atoms with Crippen molar-refractivity contribution in [1.82, 2.24) is 0 Å². The normalized spacial score (nSPS) is 17.2. The van der Waals surface area contributed by atoms with E-state index in [9.17, 15) is 0 Å². The minimum atomic E-state index is -0.449. The summed E-state index contributed by atoms with van der Waals surface area (Å²) in [6.45, 7) is 8.51. The van der Waals surface area contributed by atoms with E-state index in [0.29, 0.717) is 0 Å². The zero-order valence-electron chi connectivity index (χ0n) is 58.6. The summed E-state index contributed by atoms with van der Waals surface area (Å²) in [6.07, 6.45) is 0. The van der Waals surface area contributed by atoms with E-state index in [1.807, 2.05) is 36.4 Å². The minimum Gasteiger partial charge on any atom is -0.456 e. The Labute approximate surface area is 622 Å². The fraction of sp³-hybridized carbons (Fsp3) is 0.0800. The molecule has 6 aliphatic carbocycles. The lowest BCUT2D eigenvalue weighted by atomic mass is 9.68. The summed E-state index contributed by atoms with van der Waals surface area (Å²) in [7, 11) is -0.425. The van der Waals surface area contributed by atoms with Crippen molar-refractivity contribution in [3.63, 3.8) is 0 Å². The van der Waals surface area contributed by atoms with Crippen LogP contribution in [0.5, 0.6) is 0 Å². The standard InChI is InChI=1S/C47H26O.C41H31BO2.C12H7BrO/c1-2-11-30-29(10-1)34-15-9-16-36-45(34)38(30)26-42-46(36)35-14-4-7-18-40(35)47(42)39-17-6-3-12-31(39)32-22-20-28(25-41(32)47)27-21-23-44-37(24-27)33-13-5-8-19-43(33)48-44;1-39(2)40(3,4)44-42(43-39)24-20-21-28-27-14-7-9-18-33(27)41(35(28)22-24)34-19-10-8-15-30(34)38-31-17-11-16-29-25-12-5-6-13-26(25)32(37(29)31)23-36(38)41;13-8-5-6-12-10(7-8)9-3-1-2-4-11(9)14-12/h1-26H;5-23H,1-4H3;1-7H. The Balaban J connectivity index is 0.000000109. The van der Waals surface area contributed by atoms with Gasteiger partial charge in [0.15, 0.2) is 0 Å². The SMILES string of the molecule is Brc1ccc2oc3ccccc3c2c1.CC1(C)OB(c2ccc3c(c2)C2(c4ccccc4-3)c3ccccc3-c3c2cc2c4c(cccc34)-c3ccccc3-2)OC1(C)C.c1ccc2c(c1)-c1cccc3c4c(cc-2c13)C1(c2ccccc2-c2ccc(-c3ccc5oc6ccccc6c5c3)cc21)c1ccccc1-4. The van der Waals surface area contributed by atoms with Crippen molar-refractivity contribution in [3.8, 4) is 100 Å². The molecule has 2 spiro atoms. The zero-order valence-corrected chi connectivity index (χ0v) is 60.2. The van der Waals surface area contributed by atoms with Gasteiger partial charge >= 0.3 is 7.12 Å². The van der Waals surface area contributed by atoms with Crippen LogP contribution in [0.1, 0.15) is 72.2 Å². The number of para-hydroxylation sites is 2. The van der Waals surface area contributed by atoms with Gasteiger partial charge in [-0.1, -0.05) is 271 Å². The third kappa shape index (κ3) is 7.90. The number of benzene rings is 16. The Bertz CT molecular complexity index is 6950. The molecule has 2 unspecified atom stereocenters. The van der Waals surface area contributed by atoms with Crippen molar-refractivity contribution in [3.05, 3.63) is 364 Å². The maximum Gasteiger partial charge on any atom is 0.494 e. The molecular formula is C100H64BBrO4. The number of fused-ring (bicyclic) bond motifs is 34. The molecule has 4 nitrogen and oxygen atoms in total. The van der Waals surface area contributed by atoms with Crippen molar-refractivity contribution >= 4 is 93.9 Å². The summed E-state index contributed by atoms with van der Waals surface area (Å²) in [6, 6.07) is 116. The molecule has 0 N–H and O–H groups in total. The van der Waals surface area contributed by atoms with E-state index in [4.69, 9.17) is 18.1 Å². The van der Waals surface area contributed by atoms with Crippen LogP contribution in [0.25, 0.3) is 166 Å². The second-order valence-electron chi connectivity index (χ2n) is 30.6. The second kappa shape index (κ2) is 21.6. The molecule has 0 radical (unpaired) electrons. The molecule has 18 aromatic rings. The van der Waals surface area contributed by atoms with Gasteiger partial charge in [-0.15, -0.1) is 0 Å². The van der Waals surface area contributed by atoms with Gasteiger partial charge in [0.25, 0.3) is 0 Å². The van der Waals surface area contributed by atoms with E-state index < -0.39 is 29.2 Å². The van der Waals surface area contributed by atoms with Gasteiger partial charge < -0.3 is 18.1 Å². The van der Waals surface area contributed by atoms with E-state index >= 15 is 0 Å². The van der Waals surface area contributed by atoms with E-state index in [1.54, 1.807) is 0 Å². The molecule has 1 aliphatic heterocycles. The molecule has 7 aliphatic rings. The first-order valence-corrected chi connectivity index (χ1v) is 37.7. The lowest BCUT2D eigenvalue weighted by molar-refractivity contribution is 0.00578. The summed E-state index contributed by atoms with van der Waals surface area (Å²) in [4.78, 5) is 0. The fourth-order valence-corrected chi connectivity index (χ4v) is 20.3. The van der Waals surface area contributed by atoms with Crippen LogP contribution in [0.2, 0.25) is 0 Å². The van der Waals surface area contributed by atoms with Crippen molar-refractivity contribution in [2.75, 3.05) is 0 Å². The third-order valence-electron chi connectivity index (χ3n) is 25.0. The monoisotopic (exact) mass is 1420 g/mol. The van der Waals surface area contributed by atoms with Gasteiger partial charge in [-0.2, -0.15) is 0 Å². The Morgan fingerprint density at radius 1 is 0.245 bits per heavy atom. The van der Waals surface area contributed by atoms with Gasteiger partial charge in [0.1, 0.15) is 22.3 Å². The van der Waals surface area contributed by atoms with Gasteiger partial charge in [-0.25, -0.2) is 0 Å². The summed E-state index contributed by atoms with van der Waals surface area (Å²) in [5, 5.41) is 10.1. The van der Waals surface area contributed by atoms with Crippen LogP contribution in [-0.2, 0) is 20.1 Å². The van der Waals surface area contributed by atoms with Crippen molar-refractivity contribution < 1.29 is 18.1 Å². The first kappa shape index (κ1) is 60.5. The molecule has 106 heavy (non-hydrogen) atoms. The molecule has 2 atom stereocenters. The molecule has 0 bridgehead atoms. The van der Waals surface area contributed by atoms with Crippen molar-refractivity contribution in [2.24, 2.45) is 0 Å². The van der Waals surface area contributed by atoms with Gasteiger partial charge in [0, 0.05) is 26.0 Å². The Kier molecular flexibility index (Phi) is 12.3. The number of rotatable bonds is 2. The van der Waals surface area contributed by atoms with E-state index in [0.717, 1.165) is 48.4 Å². The summed E-state index contributed by atoms with van der Waals surface area (Å²) < 4.78 is 26.2. The number of hydrogen-bond acceptors (Lipinski definition) is 4. The van der Waals surface area contributed by atoms with E-state index in [1.165, 1.54) is 172 Å². The number of furan rings is 2. The zero-order chi connectivity index (χ0) is 70.3. The van der Waals surface area contributed by atoms with Gasteiger partial charge in [-0.3, -0.25) is 0 Å². The summed E-state index contributed by atoms with van der Waals surface area (Å²) >= 11 is 3.46. The first-order valence-electron chi connectivity index (χ1n) is 36.9. The Hall–Kier alpha value is -11.9. The molecule has 3 heterocycles. The molecule has 1 saturated heterocycles. The smallest absolute Gasteiger partial charge is 0.456 e. The maximum atomic E-state index is 6.59. The second-order valence-corrected chi connectivity index (χ2v) is 31.5. The van der Waals surface area contributed by atoms with Crippen molar-refractivity contribution in [2.45, 2.75) is 49.7 Å². The van der Waals surface area contributed by atoms with Crippen LogP contribution in [0.15, 0.2) is 329 Å². The van der Waals surface area contributed by atoms with Crippen molar-refractivity contribution in [1.29, 1.82) is 0 Å². The van der Waals surface area contributed by atoms with Crippen LogP contribution in [0.4, 0.5) is 0 Å². The highest BCUT2D eigenvalue weighted by Crippen LogP contribution is 2.68. The number of halogens is 1. The highest BCUT2D eigenvalue weighted by molar-refractivity contribution is 9.10. The van der Waals surface area contributed by atoms with Gasteiger partial charge in [0.2, 0.25) is 0 Å². The van der Waals surface area contributed by atoms with Crippen LogP contribution < -0.4 is 5.46 Å². The predicted molar refractivity (Wildman–Crippen MR) is 439 cm³/mol. The molecule has 6 heteroatoms. The number of hydrogen-bond donors (Lipinski definition) is 0. The maximum absolute atomic E-state index is 6.59. The highest BCUT2D eigenvalue weighted by atomic mass is 79.9. The first-order chi connectivity index (χ1) is 52.0. The van der Waals surface area contributed by atoms with E-state index in [2.05, 4.69) is 323 Å². The lowest BCUT2D eigenvalue weighted by Gasteiger charge is -2.32. The molecule has 1 fully saturated rings. The molecular weight excluding hydrogens is 1360 g/mol. The van der Waals surface area contributed by atoms with Gasteiger partial charge in [0.05, 0.1) is 22.0 Å². The molecule has 25 rings (SSSR count). The lowest BCUT2D eigenvalue weighted by Crippen LogP contribution is -2.41. The largest absolute Gasteiger partial charge is 0.494 e. The molecule has 16 aromatic carbocycles.